The van der Waals surface area contributed by atoms with Gasteiger partial charge in [-0.15, -0.1) is 0 Å². The monoisotopic (exact) mass is 289 g/mol. The number of aromatic nitrogens is 2. The lowest BCUT2D eigenvalue weighted by Crippen LogP contribution is -2.17. The largest absolute Gasteiger partial charge is 0.437 e. The Bertz CT molecular complexity index is 699. The van der Waals surface area contributed by atoms with Crippen molar-refractivity contribution in [3.05, 3.63) is 52.0 Å². The minimum atomic E-state index is -0.683. The predicted molar refractivity (Wildman–Crippen MR) is 72.5 cm³/mol. The molecule has 2 aromatic heterocycles. The third-order valence-corrected chi connectivity index (χ3v) is 2.50. The Hall–Kier alpha value is -3.23. The third-order valence-electron chi connectivity index (χ3n) is 2.50. The zero-order valence-electron chi connectivity index (χ0n) is 10.9. The van der Waals surface area contributed by atoms with Gasteiger partial charge >= 0.3 is 0 Å². The number of amidine groups is 1. The molecule has 2 heterocycles. The first-order valence-electron chi connectivity index (χ1n) is 5.75. The van der Waals surface area contributed by atoms with Crippen LogP contribution >= 0.6 is 0 Å². The van der Waals surface area contributed by atoms with E-state index in [4.69, 9.17) is 15.7 Å². The van der Waals surface area contributed by atoms with Gasteiger partial charge in [-0.2, -0.15) is 0 Å². The van der Waals surface area contributed by atoms with Gasteiger partial charge in [0.15, 0.2) is 11.5 Å². The Morgan fingerprint density at radius 3 is 2.76 bits per heavy atom. The number of oxime groups is 1. The number of hydrogen-bond acceptors (Lipinski definition) is 7. The van der Waals surface area contributed by atoms with Crippen LogP contribution in [0.2, 0.25) is 0 Å². The molecular formula is C12H11N5O4. The number of pyridine rings is 2. The maximum Gasteiger partial charge on any atom is 0.299 e. The summed E-state index contributed by atoms with van der Waals surface area (Å²) in [5, 5.41) is 22.2. The van der Waals surface area contributed by atoms with Crippen molar-refractivity contribution in [3.63, 3.8) is 0 Å². The molecule has 0 aliphatic rings. The van der Waals surface area contributed by atoms with E-state index in [0.29, 0.717) is 5.75 Å². The summed E-state index contributed by atoms with van der Waals surface area (Å²) in [6.07, 6.45) is 1.49. The van der Waals surface area contributed by atoms with Crippen LogP contribution in [0.5, 0.6) is 11.6 Å². The van der Waals surface area contributed by atoms with Gasteiger partial charge in [-0.25, -0.2) is 4.98 Å². The van der Waals surface area contributed by atoms with Crippen LogP contribution in [0.1, 0.15) is 11.4 Å². The maximum atomic E-state index is 10.9. The lowest BCUT2D eigenvalue weighted by Gasteiger charge is -2.06. The molecule has 2 aromatic rings. The van der Waals surface area contributed by atoms with Crippen LogP contribution in [0, 0.1) is 17.0 Å². The fraction of sp³-hybridized carbons (Fsp3) is 0.0833. The number of ether oxygens (including phenoxy) is 1. The van der Waals surface area contributed by atoms with Crippen LogP contribution in [-0.2, 0) is 0 Å². The molecule has 0 fully saturated rings. The summed E-state index contributed by atoms with van der Waals surface area (Å²) in [5.41, 5.74) is 5.53. The van der Waals surface area contributed by atoms with Gasteiger partial charge < -0.3 is 15.7 Å². The van der Waals surface area contributed by atoms with Crippen molar-refractivity contribution in [2.75, 3.05) is 0 Å². The number of hydrogen-bond donors (Lipinski definition) is 2. The van der Waals surface area contributed by atoms with E-state index in [2.05, 4.69) is 15.1 Å². The molecular weight excluding hydrogens is 278 g/mol. The van der Waals surface area contributed by atoms with Crippen LogP contribution in [0.3, 0.4) is 0 Å². The first kappa shape index (κ1) is 14.2. The summed E-state index contributed by atoms with van der Waals surface area (Å²) in [5.74, 6) is -0.00514. The average Bonchev–Trinajstić information content (AvgIpc) is 2.48. The first-order valence-corrected chi connectivity index (χ1v) is 5.75. The van der Waals surface area contributed by atoms with Gasteiger partial charge in [0, 0.05) is 17.8 Å². The number of rotatable bonds is 4. The van der Waals surface area contributed by atoms with E-state index in [-0.39, 0.29) is 17.3 Å². The van der Waals surface area contributed by atoms with Crippen LogP contribution in [0.4, 0.5) is 5.69 Å². The minimum absolute atomic E-state index is 0.0628. The molecule has 0 unspecified atom stereocenters. The first-order chi connectivity index (χ1) is 10.0. The molecule has 0 aromatic carbocycles. The van der Waals surface area contributed by atoms with E-state index < -0.39 is 10.8 Å². The molecule has 0 amide bonds. The number of nitrogens with two attached hydrogens (primary N) is 1. The molecule has 2 rings (SSSR count). The van der Waals surface area contributed by atoms with E-state index in [1.54, 1.807) is 12.1 Å². The zero-order valence-corrected chi connectivity index (χ0v) is 10.9. The van der Waals surface area contributed by atoms with Gasteiger partial charge in [-0.1, -0.05) is 5.16 Å². The Labute approximate surface area is 118 Å². The SMILES string of the molecule is Cc1ccc(Oc2ccc([N+](=O)[O-])c(/C(N)=N/O)n2)cn1. The fourth-order valence-corrected chi connectivity index (χ4v) is 1.51. The highest BCUT2D eigenvalue weighted by atomic mass is 16.6. The van der Waals surface area contributed by atoms with Gasteiger partial charge in [0.1, 0.15) is 5.75 Å². The van der Waals surface area contributed by atoms with Crippen LogP contribution in [0.15, 0.2) is 35.6 Å². The van der Waals surface area contributed by atoms with Crippen molar-refractivity contribution in [2.45, 2.75) is 6.92 Å². The fourth-order valence-electron chi connectivity index (χ4n) is 1.51. The van der Waals surface area contributed by atoms with Crippen molar-refractivity contribution in [1.29, 1.82) is 0 Å². The Morgan fingerprint density at radius 1 is 1.43 bits per heavy atom. The molecule has 9 heteroatoms. The number of nitrogens with zero attached hydrogens (tertiary/aromatic N) is 4. The van der Waals surface area contributed by atoms with Gasteiger partial charge in [0.25, 0.3) is 5.69 Å². The Balaban J connectivity index is 2.37. The summed E-state index contributed by atoms with van der Waals surface area (Å²) in [4.78, 5) is 18.1. The third kappa shape index (κ3) is 3.21. The number of aryl methyl sites for hydroxylation is 1. The predicted octanol–water partition coefficient (Wildman–Crippen LogP) is 1.58. The molecule has 21 heavy (non-hydrogen) atoms. The van der Waals surface area contributed by atoms with E-state index in [0.717, 1.165) is 11.8 Å². The summed E-state index contributed by atoms with van der Waals surface area (Å²) in [6, 6.07) is 5.89. The second-order valence-electron chi connectivity index (χ2n) is 4.00. The summed E-state index contributed by atoms with van der Waals surface area (Å²) < 4.78 is 5.42. The van der Waals surface area contributed by atoms with E-state index in [1.807, 2.05) is 6.92 Å². The smallest absolute Gasteiger partial charge is 0.299 e. The van der Waals surface area contributed by atoms with Crippen molar-refractivity contribution in [2.24, 2.45) is 10.9 Å². The Kier molecular flexibility index (Phi) is 3.93. The number of nitro groups is 1. The minimum Gasteiger partial charge on any atom is -0.437 e. The Morgan fingerprint density at radius 2 is 2.19 bits per heavy atom. The molecule has 0 radical (unpaired) electrons. The molecule has 9 nitrogen and oxygen atoms in total. The van der Waals surface area contributed by atoms with E-state index >= 15 is 0 Å². The van der Waals surface area contributed by atoms with Crippen LogP contribution in [0.25, 0.3) is 0 Å². The molecule has 0 saturated heterocycles. The normalized spacial score (nSPS) is 11.2. The van der Waals surface area contributed by atoms with Crippen molar-refractivity contribution in [3.8, 4) is 11.6 Å². The molecule has 0 bridgehead atoms. The topological polar surface area (TPSA) is 137 Å². The molecule has 0 aliphatic heterocycles. The zero-order chi connectivity index (χ0) is 15.4. The molecule has 3 N–H and O–H groups in total. The summed E-state index contributed by atoms with van der Waals surface area (Å²) >= 11 is 0. The van der Waals surface area contributed by atoms with Crippen LogP contribution < -0.4 is 10.5 Å². The summed E-state index contributed by atoms with van der Waals surface area (Å²) in [6.45, 7) is 1.82. The molecule has 0 spiro atoms. The average molecular weight is 289 g/mol. The van der Waals surface area contributed by atoms with Crippen molar-refractivity contribution < 1.29 is 14.9 Å². The van der Waals surface area contributed by atoms with Gasteiger partial charge in [0.05, 0.1) is 11.1 Å². The second-order valence-corrected chi connectivity index (χ2v) is 4.00. The molecule has 0 saturated carbocycles. The highest BCUT2D eigenvalue weighted by Crippen LogP contribution is 2.24. The lowest BCUT2D eigenvalue weighted by atomic mass is 10.3. The maximum absolute atomic E-state index is 10.9. The van der Waals surface area contributed by atoms with E-state index in [1.165, 1.54) is 12.3 Å². The van der Waals surface area contributed by atoms with Crippen molar-refractivity contribution in [1.82, 2.24) is 9.97 Å². The van der Waals surface area contributed by atoms with Gasteiger partial charge in [0.2, 0.25) is 5.88 Å². The summed E-state index contributed by atoms with van der Waals surface area (Å²) in [7, 11) is 0. The molecule has 0 aliphatic carbocycles. The standard InChI is InChI=1S/C12H11N5O4/c1-7-2-3-8(6-14-7)21-10-5-4-9(17(19)20)11(15-10)12(13)16-18/h2-6,18H,1H3,(H2,13,16). The quantitative estimate of drug-likeness (QED) is 0.286. The van der Waals surface area contributed by atoms with E-state index in [9.17, 15) is 10.1 Å². The van der Waals surface area contributed by atoms with Crippen LogP contribution in [-0.4, -0.2) is 25.9 Å². The highest BCUT2D eigenvalue weighted by Gasteiger charge is 2.20. The van der Waals surface area contributed by atoms with Gasteiger partial charge in [-0.3, -0.25) is 15.1 Å². The van der Waals surface area contributed by atoms with Gasteiger partial charge in [-0.05, 0) is 19.1 Å². The van der Waals surface area contributed by atoms with Crippen molar-refractivity contribution >= 4 is 11.5 Å². The second kappa shape index (κ2) is 5.82. The molecule has 108 valence electrons. The molecule has 0 atom stereocenters. The lowest BCUT2D eigenvalue weighted by molar-refractivity contribution is -0.385. The highest BCUT2D eigenvalue weighted by molar-refractivity contribution is 5.98.